The van der Waals surface area contributed by atoms with Crippen molar-refractivity contribution in [3.63, 3.8) is 0 Å². The van der Waals surface area contributed by atoms with E-state index in [2.05, 4.69) is 15.3 Å². The number of H-pyrrole nitrogens is 1. The molecule has 6 nitrogen and oxygen atoms in total. The lowest BCUT2D eigenvalue weighted by molar-refractivity contribution is 0.804. The topological polar surface area (TPSA) is 89.6 Å². The van der Waals surface area contributed by atoms with Crippen molar-refractivity contribution in [2.75, 3.05) is 0 Å². The van der Waals surface area contributed by atoms with Crippen molar-refractivity contribution < 1.29 is 0 Å². The van der Waals surface area contributed by atoms with Crippen molar-refractivity contribution in [2.45, 2.75) is 6.54 Å². The zero-order valence-electron chi connectivity index (χ0n) is 9.50. The molecule has 18 heavy (non-hydrogen) atoms. The van der Waals surface area contributed by atoms with Crippen LogP contribution in [-0.4, -0.2) is 20.0 Å². The van der Waals surface area contributed by atoms with Crippen LogP contribution < -0.4 is 11.2 Å². The van der Waals surface area contributed by atoms with Gasteiger partial charge in [-0.15, -0.1) is 5.10 Å². The van der Waals surface area contributed by atoms with Gasteiger partial charge in [0.1, 0.15) is 0 Å². The highest BCUT2D eigenvalue weighted by Gasteiger charge is 2.04. The van der Waals surface area contributed by atoms with Crippen LogP contribution in [-0.2, 0) is 6.54 Å². The Morgan fingerprint density at radius 3 is 2.94 bits per heavy atom. The maximum atomic E-state index is 12.0. The van der Waals surface area contributed by atoms with Gasteiger partial charge in [0, 0.05) is 29.2 Å². The summed E-state index contributed by atoms with van der Waals surface area (Å²) in [5, 5.41) is 8.24. The average molecular weight is 241 g/mol. The first-order valence-corrected chi connectivity index (χ1v) is 5.50. The van der Waals surface area contributed by atoms with Crippen LogP contribution in [0, 0.1) is 0 Å². The van der Waals surface area contributed by atoms with Crippen molar-refractivity contribution in [3.8, 4) is 5.69 Å². The SMILES string of the molecule is NCc1cc(=O)c2cc(-n3ccnn3)ccc2[nH]1. The molecule has 1 aromatic carbocycles. The van der Waals surface area contributed by atoms with Gasteiger partial charge in [0.05, 0.1) is 18.1 Å². The number of aromatic amines is 1. The van der Waals surface area contributed by atoms with E-state index in [1.165, 1.54) is 6.07 Å². The second-order valence-corrected chi connectivity index (χ2v) is 3.94. The molecule has 6 heteroatoms. The van der Waals surface area contributed by atoms with Crippen LogP contribution >= 0.6 is 0 Å². The van der Waals surface area contributed by atoms with Crippen molar-refractivity contribution in [3.05, 3.63) is 52.6 Å². The van der Waals surface area contributed by atoms with Crippen LogP contribution in [0.3, 0.4) is 0 Å². The van der Waals surface area contributed by atoms with Gasteiger partial charge in [0.25, 0.3) is 0 Å². The van der Waals surface area contributed by atoms with E-state index in [1.807, 2.05) is 12.1 Å². The van der Waals surface area contributed by atoms with Crippen molar-refractivity contribution in [1.29, 1.82) is 0 Å². The fraction of sp³-hybridized carbons (Fsp3) is 0.0833. The molecular formula is C12H11N5O. The molecule has 0 saturated carbocycles. The number of hydrogen-bond acceptors (Lipinski definition) is 4. The van der Waals surface area contributed by atoms with E-state index in [1.54, 1.807) is 23.1 Å². The number of pyridine rings is 1. The van der Waals surface area contributed by atoms with Crippen molar-refractivity contribution >= 4 is 10.9 Å². The summed E-state index contributed by atoms with van der Waals surface area (Å²) in [6, 6.07) is 7.01. The third-order valence-corrected chi connectivity index (χ3v) is 2.78. The maximum Gasteiger partial charge on any atom is 0.189 e. The quantitative estimate of drug-likeness (QED) is 0.686. The summed E-state index contributed by atoms with van der Waals surface area (Å²) in [5.74, 6) is 0. The van der Waals surface area contributed by atoms with Gasteiger partial charge in [0.2, 0.25) is 0 Å². The van der Waals surface area contributed by atoms with Crippen LogP contribution in [0.1, 0.15) is 5.69 Å². The van der Waals surface area contributed by atoms with Crippen molar-refractivity contribution in [2.24, 2.45) is 5.73 Å². The molecule has 3 rings (SSSR count). The molecule has 0 radical (unpaired) electrons. The Balaban J connectivity index is 2.24. The molecule has 0 aliphatic rings. The molecule has 2 heterocycles. The van der Waals surface area contributed by atoms with Gasteiger partial charge in [-0.05, 0) is 18.2 Å². The van der Waals surface area contributed by atoms with E-state index >= 15 is 0 Å². The Bertz CT molecular complexity index is 745. The summed E-state index contributed by atoms with van der Waals surface area (Å²) in [6.45, 7) is 0.315. The molecule has 0 amide bonds. The molecule has 0 bridgehead atoms. The fourth-order valence-corrected chi connectivity index (χ4v) is 1.89. The van der Waals surface area contributed by atoms with Gasteiger partial charge in [-0.25, -0.2) is 4.68 Å². The van der Waals surface area contributed by atoms with E-state index in [0.29, 0.717) is 11.9 Å². The Hall–Kier alpha value is -2.47. The Labute approximate surface area is 102 Å². The maximum absolute atomic E-state index is 12.0. The predicted octanol–water partition coefficient (Wildman–Crippen LogP) is 0.567. The van der Waals surface area contributed by atoms with E-state index in [-0.39, 0.29) is 5.43 Å². The number of aromatic nitrogens is 4. The number of hydrogen-bond donors (Lipinski definition) is 2. The zero-order chi connectivity index (χ0) is 12.5. The molecule has 0 unspecified atom stereocenters. The normalized spacial score (nSPS) is 10.9. The second kappa shape index (κ2) is 4.08. The van der Waals surface area contributed by atoms with Crippen LogP contribution in [0.15, 0.2) is 41.5 Å². The Morgan fingerprint density at radius 2 is 2.22 bits per heavy atom. The van der Waals surface area contributed by atoms with Crippen molar-refractivity contribution in [1.82, 2.24) is 20.0 Å². The lowest BCUT2D eigenvalue weighted by Gasteiger charge is -2.04. The first-order chi connectivity index (χ1) is 8.78. The Morgan fingerprint density at radius 1 is 1.33 bits per heavy atom. The minimum atomic E-state index is -0.0498. The number of benzene rings is 1. The standard InChI is InChI=1S/C12H11N5O/c13-7-8-5-12(18)10-6-9(1-2-11(10)15-8)17-4-3-14-16-17/h1-6H,7,13H2,(H,15,18). The van der Waals surface area contributed by atoms with Crippen LogP contribution in [0.2, 0.25) is 0 Å². The third-order valence-electron chi connectivity index (χ3n) is 2.78. The molecule has 0 fully saturated rings. The highest BCUT2D eigenvalue weighted by atomic mass is 16.1. The lowest BCUT2D eigenvalue weighted by atomic mass is 10.1. The summed E-state index contributed by atoms with van der Waals surface area (Å²) in [6.07, 6.45) is 3.32. The summed E-state index contributed by atoms with van der Waals surface area (Å²) in [7, 11) is 0. The lowest BCUT2D eigenvalue weighted by Crippen LogP contribution is -2.09. The largest absolute Gasteiger partial charge is 0.357 e. The van der Waals surface area contributed by atoms with E-state index in [4.69, 9.17) is 5.73 Å². The van der Waals surface area contributed by atoms with Crippen LogP contribution in [0.5, 0.6) is 0 Å². The monoisotopic (exact) mass is 241 g/mol. The molecule has 0 aliphatic heterocycles. The number of fused-ring (bicyclic) bond motifs is 1. The van der Waals surface area contributed by atoms with Gasteiger partial charge in [0.15, 0.2) is 5.43 Å². The van der Waals surface area contributed by atoms with E-state index in [0.717, 1.165) is 16.9 Å². The van der Waals surface area contributed by atoms with E-state index < -0.39 is 0 Å². The number of nitrogens with one attached hydrogen (secondary N) is 1. The number of nitrogens with two attached hydrogens (primary N) is 1. The predicted molar refractivity (Wildman–Crippen MR) is 67.4 cm³/mol. The van der Waals surface area contributed by atoms with Gasteiger partial charge in [-0.2, -0.15) is 0 Å². The molecule has 0 atom stereocenters. The molecule has 3 N–H and O–H groups in total. The molecule has 0 aliphatic carbocycles. The minimum Gasteiger partial charge on any atom is -0.357 e. The Kier molecular flexibility index (Phi) is 2.42. The summed E-state index contributed by atoms with van der Waals surface area (Å²) in [5.41, 5.74) is 7.77. The first-order valence-electron chi connectivity index (χ1n) is 5.50. The number of rotatable bonds is 2. The highest BCUT2D eigenvalue weighted by Crippen LogP contribution is 2.13. The van der Waals surface area contributed by atoms with Crippen LogP contribution in [0.4, 0.5) is 0 Å². The molecule has 2 aromatic heterocycles. The van der Waals surface area contributed by atoms with Crippen LogP contribution in [0.25, 0.3) is 16.6 Å². The van der Waals surface area contributed by atoms with Gasteiger partial charge in [-0.1, -0.05) is 5.21 Å². The summed E-state index contributed by atoms with van der Waals surface area (Å²) >= 11 is 0. The van der Waals surface area contributed by atoms with Gasteiger partial charge >= 0.3 is 0 Å². The first kappa shape index (κ1) is 10.7. The number of nitrogens with zero attached hydrogens (tertiary/aromatic N) is 3. The van der Waals surface area contributed by atoms with E-state index in [9.17, 15) is 4.79 Å². The third kappa shape index (κ3) is 1.68. The van der Waals surface area contributed by atoms with Gasteiger partial charge in [-0.3, -0.25) is 4.79 Å². The average Bonchev–Trinajstić information content (AvgIpc) is 2.92. The molecule has 0 spiro atoms. The summed E-state index contributed by atoms with van der Waals surface area (Å²) < 4.78 is 1.61. The molecule has 90 valence electrons. The zero-order valence-corrected chi connectivity index (χ0v) is 9.50. The molecular weight excluding hydrogens is 230 g/mol. The minimum absolute atomic E-state index is 0.0498. The highest BCUT2D eigenvalue weighted by molar-refractivity contribution is 5.80. The molecule has 3 aromatic rings. The fourth-order valence-electron chi connectivity index (χ4n) is 1.89. The van der Waals surface area contributed by atoms with Gasteiger partial charge < -0.3 is 10.7 Å². The summed E-state index contributed by atoms with van der Waals surface area (Å²) in [4.78, 5) is 15.1. The second-order valence-electron chi connectivity index (χ2n) is 3.94. The molecule has 0 saturated heterocycles. The smallest absolute Gasteiger partial charge is 0.189 e.